The molecule has 0 bridgehead atoms. The second-order valence-electron chi connectivity index (χ2n) is 8.03. The van der Waals surface area contributed by atoms with Gasteiger partial charge < -0.3 is 19.8 Å². The fourth-order valence-electron chi connectivity index (χ4n) is 3.90. The molecule has 8 heteroatoms. The summed E-state index contributed by atoms with van der Waals surface area (Å²) in [4.78, 5) is 37.1. The van der Waals surface area contributed by atoms with Crippen molar-refractivity contribution in [2.75, 3.05) is 18.0 Å². The average molecular weight is 356 g/mol. The summed E-state index contributed by atoms with van der Waals surface area (Å²) in [6, 6.07) is 1.91. The summed E-state index contributed by atoms with van der Waals surface area (Å²) in [5.41, 5.74) is -0.256. The van der Waals surface area contributed by atoms with Crippen LogP contribution < -0.4 is 15.8 Å². The Kier molecular flexibility index (Phi) is 4.05. The number of anilines is 1. The van der Waals surface area contributed by atoms with Crippen molar-refractivity contribution in [1.29, 1.82) is 0 Å². The summed E-state index contributed by atoms with van der Waals surface area (Å²) in [5.74, 6) is 0.840. The molecule has 4 rings (SSSR count). The number of carbonyl (C=O) groups excluding carboxylic acids is 1. The van der Waals surface area contributed by atoms with Crippen molar-refractivity contribution in [3.8, 4) is 0 Å². The minimum absolute atomic E-state index is 0.0309. The summed E-state index contributed by atoms with van der Waals surface area (Å²) < 4.78 is 2.07. The molecular weight excluding hydrogens is 332 g/mol. The number of nitrogens with zero attached hydrogens (tertiary/aromatic N) is 4. The fraction of sp³-hybridized carbons (Fsp3) is 0.556. The van der Waals surface area contributed by atoms with E-state index in [0.717, 1.165) is 19.4 Å². The van der Waals surface area contributed by atoms with Crippen molar-refractivity contribution in [2.24, 2.45) is 11.3 Å². The van der Waals surface area contributed by atoms with Crippen LogP contribution in [0.5, 0.6) is 0 Å². The summed E-state index contributed by atoms with van der Waals surface area (Å²) in [5, 5.41) is 3.23. The van der Waals surface area contributed by atoms with Gasteiger partial charge in [0.05, 0.1) is 18.7 Å². The second-order valence-corrected chi connectivity index (χ2v) is 8.03. The van der Waals surface area contributed by atoms with E-state index < -0.39 is 0 Å². The average Bonchev–Trinajstić information content (AvgIpc) is 3.15. The van der Waals surface area contributed by atoms with Crippen LogP contribution in [0.3, 0.4) is 0 Å². The van der Waals surface area contributed by atoms with Gasteiger partial charge in [-0.05, 0) is 12.8 Å². The molecule has 1 aliphatic carbocycles. The first-order valence-corrected chi connectivity index (χ1v) is 9.00. The Morgan fingerprint density at radius 1 is 1.38 bits per heavy atom. The van der Waals surface area contributed by atoms with E-state index in [1.54, 1.807) is 6.20 Å². The largest absolute Gasteiger partial charge is 0.354 e. The van der Waals surface area contributed by atoms with Gasteiger partial charge in [0.25, 0.3) is 5.56 Å². The zero-order valence-electron chi connectivity index (χ0n) is 15.1. The van der Waals surface area contributed by atoms with Crippen LogP contribution in [0.15, 0.2) is 35.9 Å². The maximum absolute atomic E-state index is 12.7. The van der Waals surface area contributed by atoms with Gasteiger partial charge in [-0.25, -0.2) is 9.97 Å². The number of aromatic nitrogens is 4. The standard InChI is InChI=1S/C18H24N6O2/c1-18(2)9-24(15-7-16(25)21-10-20-15)8-14(18)22-17(26)12-5-13(6-12)23-4-3-19-11-23/h3-4,7,10-14H,5-6,8-9H2,1-2H3,(H,22,26)(H,20,21,25). The Morgan fingerprint density at radius 2 is 2.19 bits per heavy atom. The fourth-order valence-corrected chi connectivity index (χ4v) is 3.90. The molecule has 1 saturated carbocycles. The van der Waals surface area contributed by atoms with Gasteiger partial charge in [-0.15, -0.1) is 0 Å². The molecule has 1 saturated heterocycles. The number of hydrogen-bond acceptors (Lipinski definition) is 5. The first-order chi connectivity index (χ1) is 12.4. The molecule has 8 nitrogen and oxygen atoms in total. The third-order valence-electron chi connectivity index (χ3n) is 5.68. The van der Waals surface area contributed by atoms with Crippen LogP contribution in [0, 0.1) is 11.3 Å². The van der Waals surface area contributed by atoms with E-state index in [-0.39, 0.29) is 28.8 Å². The predicted molar refractivity (Wildman–Crippen MR) is 96.8 cm³/mol. The predicted octanol–water partition coefficient (Wildman–Crippen LogP) is 0.949. The van der Waals surface area contributed by atoms with Crippen LogP contribution in [-0.4, -0.2) is 44.6 Å². The van der Waals surface area contributed by atoms with Crippen molar-refractivity contribution in [3.05, 3.63) is 41.5 Å². The second kappa shape index (κ2) is 6.26. The van der Waals surface area contributed by atoms with E-state index in [2.05, 4.69) is 43.6 Å². The van der Waals surface area contributed by atoms with Gasteiger partial charge in [-0.3, -0.25) is 9.59 Å². The van der Waals surface area contributed by atoms with Gasteiger partial charge in [0, 0.05) is 48.9 Å². The van der Waals surface area contributed by atoms with E-state index in [1.165, 1.54) is 12.4 Å². The molecule has 2 N–H and O–H groups in total. The molecule has 1 unspecified atom stereocenters. The molecular formula is C18H24N6O2. The van der Waals surface area contributed by atoms with Crippen LogP contribution in [-0.2, 0) is 4.79 Å². The van der Waals surface area contributed by atoms with Crippen molar-refractivity contribution < 1.29 is 4.79 Å². The topological polar surface area (TPSA) is 95.9 Å². The maximum Gasteiger partial charge on any atom is 0.252 e. The third kappa shape index (κ3) is 3.11. The molecule has 1 atom stereocenters. The highest BCUT2D eigenvalue weighted by atomic mass is 16.2. The van der Waals surface area contributed by atoms with Crippen molar-refractivity contribution in [2.45, 2.75) is 38.8 Å². The van der Waals surface area contributed by atoms with Gasteiger partial charge >= 0.3 is 0 Å². The van der Waals surface area contributed by atoms with Crippen LogP contribution >= 0.6 is 0 Å². The zero-order valence-corrected chi connectivity index (χ0v) is 15.1. The molecule has 3 heterocycles. The molecule has 1 aliphatic heterocycles. The summed E-state index contributed by atoms with van der Waals surface area (Å²) in [7, 11) is 0. The summed E-state index contributed by atoms with van der Waals surface area (Å²) in [6.07, 6.45) is 8.66. The lowest BCUT2D eigenvalue weighted by Gasteiger charge is -2.36. The zero-order chi connectivity index (χ0) is 18.3. The number of carbonyl (C=O) groups is 1. The highest BCUT2D eigenvalue weighted by Crippen LogP contribution is 2.38. The number of amides is 1. The van der Waals surface area contributed by atoms with Crippen molar-refractivity contribution in [3.63, 3.8) is 0 Å². The number of imidazole rings is 1. The maximum atomic E-state index is 12.7. The molecule has 2 fully saturated rings. The number of nitrogens with one attached hydrogen (secondary N) is 2. The first kappa shape index (κ1) is 16.8. The number of aromatic amines is 1. The van der Waals surface area contributed by atoms with Crippen molar-refractivity contribution in [1.82, 2.24) is 24.8 Å². The molecule has 0 radical (unpaired) electrons. The quantitative estimate of drug-likeness (QED) is 0.850. The minimum atomic E-state index is -0.166. The lowest BCUT2D eigenvalue weighted by Crippen LogP contribution is -2.49. The molecule has 26 heavy (non-hydrogen) atoms. The first-order valence-electron chi connectivity index (χ1n) is 9.00. The Hall–Kier alpha value is -2.64. The molecule has 2 aromatic heterocycles. The molecule has 138 valence electrons. The van der Waals surface area contributed by atoms with Crippen LogP contribution in [0.2, 0.25) is 0 Å². The highest BCUT2D eigenvalue weighted by Gasteiger charge is 2.43. The van der Waals surface area contributed by atoms with Gasteiger partial charge in [0.15, 0.2) is 0 Å². The third-order valence-corrected chi connectivity index (χ3v) is 5.68. The lowest BCUT2D eigenvalue weighted by molar-refractivity contribution is -0.130. The SMILES string of the molecule is CC1(C)CN(c2cc(=O)[nH]cn2)CC1NC(=O)C1CC(n2ccnc2)C1. The Bertz CT molecular complexity index is 837. The number of rotatable bonds is 4. The Labute approximate surface area is 151 Å². The molecule has 1 amide bonds. The number of H-pyrrole nitrogens is 1. The molecule has 0 aromatic carbocycles. The molecule has 0 spiro atoms. The number of hydrogen-bond donors (Lipinski definition) is 2. The van der Waals surface area contributed by atoms with E-state index >= 15 is 0 Å². The van der Waals surface area contributed by atoms with Gasteiger partial charge in [-0.1, -0.05) is 13.8 Å². The highest BCUT2D eigenvalue weighted by molar-refractivity contribution is 5.80. The van der Waals surface area contributed by atoms with Gasteiger partial charge in [0.1, 0.15) is 5.82 Å². The monoisotopic (exact) mass is 356 g/mol. The summed E-state index contributed by atoms with van der Waals surface area (Å²) >= 11 is 0. The van der Waals surface area contributed by atoms with E-state index in [9.17, 15) is 9.59 Å². The van der Waals surface area contributed by atoms with E-state index in [4.69, 9.17) is 0 Å². The van der Waals surface area contributed by atoms with Gasteiger partial charge in [0.2, 0.25) is 5.91 Å². The summed E-state index contributed by atoms with van der Waals surface area (Å²) in [6.45, 7) is 5.68. The molecule has 2 aliphatic rings. The van der Waals surface area contributed by atoms with E-state index in [1.807, 2.05) is 12.5 Å². The van der Waals surface area contributed by atoms with Crippen LogP contribution in [0.25, 0.3) is 0 Å². The van der Waals surface area contributed by atoms with Gasteiger partial charge in [-0.2, -0.15) is 0 Å². The minimum Gasteiger partial charge on any atom is -0.354 e. The normalized spacial score (nSPS) is 27.2. The lowest BCUT2D eigenvalue weighted by atomic mass is 9.78. The molecule has 2 aromatic rings. The van der Waals surface area contributed by atoms with Crippen LogP contribution in [0.1, 0.15) is 32.7 Å². The van der Waals surface area contributed by atoms with Crippen LogP contribution in [0.4, 0.5) is 5.82 Å². The van der Waals surface area contributed by atoms with E-state index in [0.29, 0.717) is 18.4 Å². The smallest absolute Gasteiger partial charge is 0.252 e. The Morgan fingerprint density at radius 3 is 2.88 bits per heavy atom. The Balaban J connectivity index is 1.37. The van der Waals surface area contributed by atoms with Crippen molar-refractivity contribution >= 4 is 11.7 Å².